The Morgan fingerprint density at radius 3 is 2.73 bits per heavy atom. The van der Waals surface area contributed by atoms with Crippen LogP contribution in [-0.4, -0.2) is 18.6 Å². The fraction of sp³-hybridized carbons (Fsp3) is 0. The molecule has 0 aliphatic carbocycles. The first-order valence-corrected chi connectivity index (χ1v) is 7.65. The van der Waals surface area contributed by atoms with Crippen LogP contribution in [0.3, 0.4) is 0 Å². The number of anilines is 1. The monoisotopic (exact) mass is 325 g/mol. The topological polar surface area (TPSA) is 72.0 Å². The van der Waals surface area contributed by atoms with Crippen molar-refractivity contribution in [1.29, 1.82) is 0 Å². The first-order chi connectivity index (χ1) is 7.09. The fourth-order valence-corrected chi connectivity index (χ4v) is 4.88. The van der Waals surface area contributed by atoms with Crippen LogP contribution in [0.25, 0.3) is 0 Å². The highest BCUT2D eigenvalue weighted by Gasteiger charge is 2.20. The summed E-state index contributed by atoms with van der Waals surface area (Å²) in [7, 11) is -3.54. The number of nitrogens with zero attached hydrogens (tertiary/aromatic N) is 2. The maximum Gasteiger partial charge on any atom is 0.274 e. The highest BCUT2D eigenvalue weighted by Crippen LogP contribution is 2.29. The van der Waals surface area contributed by atoms with E-state index in [0.717, 1.165) is 22.7 Å². The van der Waals surface area contributed by atoms with Crippen LogP contribution in [0.4, 0.5) is 5.13 Å². The van der Waals surface area contributed by atoms with Gasteiger partial charge in [0.1, 0.15) is 5.51 Å². The average Bonchev–Trinajstić information content (AvgIpc) is 2.75. The smallest absolute Gasteiger partial charge is 0.252 e. The molecule has 0 fully saturated rings. The Hall–Kier alpha value is -0.510. The highest BCUT2D eigenvalue weighted by molar-refractivity contribution is 9.10. The van der Waals surface area contributed by atoms with Crippen molar-refractivity contribution in [2.75, 3.05) is 4.72 Å². The Morgan fingerprint density at radius 1 is 1.40 bits per heavy atom. The van der Waals surface area contributed by atoms with Gasteiger partial charge in [0, 0.05) is 4.47 Å². The minimum atomic E-state index is -3.54. The zero-order valence-corrected chi connectivity index (χ0v) is 11.1. The Bertz CT molecular complexity index is 548. The fourth-order valence-electron chi connectivity index (χ4n) is 0.850. The second-order valence-corrected chi connectivity index (χ2v) is 6.89. The predicted molar refractivity (Wildman–Crippen MR) is 62.7 cm³/mol. The van der Waals surface area contributed by atoms with Crippen molar-refractivity contribution in [3.63, 3.8) is 0 Å². The van der Waals surface area contributed by atoms with Gasteiger partial charge in [-0.1, -0.05) is 11.3 Å². The Kier molecular flexibility index (Phi) is 3.05. The lowest BCUT2D eigenvalue weighted by Gasteiger charge is -2.01. The lowest BCUT2D eigenvalue weighted by molar-refractivity contribution is 0.602. The van der Waals surface area contributed by atoms with E-state index in [1.807, 2.05) is 0 Å². The number of rotatable bonds is 3. The largest absolute Gasteiger partial charge is 0.274 e. The molecule has 2 rings (SSSR count). The number of thiophene rings is 1. The molecule has 0 aliphatic heterocycles. The van der Waals surface area contributed by atoms with Crippen LogP contribution in [0, 0.1) is 0 Å². The van der Waals surface area contributed by atoms with Crippen LogP contribution in [0.5, 0.6) is 0 Å². The van der Waals surface area contributed by atoms with Gasteiger partial charge in [-0.3, -0.25) is 4.72 Å². The van der Waals surface area contributed by atoms with E-state index in [1.165, 1.54) is 5.51 Å². The van der Waals surface area contributed by atoms with Crippen LogP contribution in [0.1, 0.15) is 0 Å². The van der Waals surface area contributed by atoms with Gasteiger partial charge in [-0.15, -0.1) is 21.5 Å². The number of hydrogen-bond acceptors (Lipinski definition) is 6. The van der Waals surface area contributed by atoms with Crippen LogP contribution in [0.15, 0.2) is 25.6 Å². The molecule has 1 N–H and O–H groups in total. The number of aromatic nitrogens is 2. The SMILES string of the molecule is O=S(=O)(Nc1nncs1)c1sccc1Br. The number of nitrogens with one attached hydrogen (secondary N) is 1. The van der Waals surface area contributed by atoms with E-state index in [-0.39, 0.29) is 9.34 Å². The van der Waals surface area contributed by atoms with E-state index >= 15 is 0 Å². The van der Waals surface area contributed by atoms with Gasteiger partial charge >= 0.3 is 0 Å². The van der Waals surface area contributed by atoms with E-state index < -0.39 is 10.0 Å². The predicted octanol–water partition coefficient (Wildman–Crippen LogP) is 2.16. The van der Waals surface area contributed by atoms with Crippen molar-refractivity contribution in [3.8, 4) is 0 Å². The van der Waals surface area contributed by atoms with Crippen molar-refractivity contribution in [3.05, 3.63) is 21.4 Å². The quantitative estimate of drug-likeness (QED) is 0.938. The van der Waals surface area contributed by atoms with Gasteiger partial charge in [-0.2, -0.15) is 0 Å². The standard InChI is InChI=1S/C6H4BrN3O2S3/c7-4-1-2-13-5(4)15(11,12)10-6-9-8-3-14-6/h1-3H,(H,9,10). The van der Waals surface area contributed by atoms with Gasteiger partial charge in [0.25, 0.3) is 10.0 Å². The minimum Gasteiger partial charge on any atom is -0.252 e. The first kappa shape index (κ1) is 11.0. The van der Waals surface area contributed by atoms with E-state index in [2.05, 4.69) is 30.8 Å². The van der Waals surface area contributed by atoms with E-state index in [0.29, 0.717) is 4.47 Å². The molecule has 0 saturated heterocycles. The van der Waals surface area contributed by atoms with Crippen molar-refractivity contribution >= 4 is 53.8 Å². The maximum atomic E-state index is 11.8. The normalized spacial score (nSPS) is 11.5. The summed E-state index contributed by atoms with van der Waals surface area (Å²) >= 11 is 5.43. The Labute approximate surface area is 102 Å². The van der Waals surface area contributed by atoms with Gasteiger partial charge in [-0.05, 0) is 27.4 Å². The number of hydrogen-bond donors (Lipinski definition) is 1. The summed E-state index contributed by atoms with van der Waals surface area (Å²) in [6.07, 6.45) is 0. The summed E-state index contributed by atoms with van der Waals surface area (Å²) in [5, 5.41) is 9.10. The molecule has 0 saturated carbocycles. The third-order valence-electron chi connectivity index (χ3n) is 1.41. The molecule has 0 spiro atoms. The molecule has 0 aromatic carbocycles. The number of sulfonamides is 1. The molecule has 0 bridgehead atoms. The molecular weight excluding hydrogens is 322 g/mol. The lowest BCUT2D eigenvalue weighted by Crippen LogP contribution is -2.11. The molecule has 0 amide bonds. The van der Waals surface area contributed by atoms with Crippen LogP contribution in [-0.2, 0) is 10.0 Å². The maximum absolute atomic E-state index is 11.8. The molecule has 0 aliphatic rings. The molecule has 0 atom stereocenters. The molecule has 0 radical (unpaired) electrons. The summed E-state index contributed by atoms with van der Waals surface area (Å²) in [4.78, 5) is 0. The minimum absolute atomic E-state index is 0.234. The van der Waals surface area contributed by atoms with Crippen molar-refractivity contribution in [2.24, 2.45) is 0 Å². The van der Waals surface area contributed by atoms with E-state index in [4.69, 9.17) is 0 Å². The van der Waals surface area contributed by atoms with Gasteiger partial charge < -0.3 is 0 Å². The van der Waals surface area contributed by atoms with E-state index in [9.17, 15) is 8.42 Å². The van der Waals surface area contributed by atoms with Crippen LogP contribution in [0.2, 0.25) is 0 Å². The third-order valence-corrected chi connectivity index (χ3v) is 6.16. The van der Waals surface area contributed by atoms with Gasteiger partial charge in [0.2, 0.25) is 5.13 Å². The van der Waals surface area contributed by atoms with Crippen molar-refractivity contribution in [2.45, 2.75) is 4.21 Å². The van der Waals surface area contributed by atoms with Gasteiger partial charge in [0.15, 0.2) is 4.21 Å². The summed E-state index contributed by atoms with van der Waals surface area (Å²) in [6, 6.07) is 1.68. The van der Waals surface area contributed by atoms with E-state index in [1.54, 1.807) is 11.4 Å². The first-order valence-electron chi connectivity index (χ1n) is 3.61. The molecule has 2 heterocycles. The Balaban J connectivity index is 2.33. The van der Waals surface area contributed by atoms with Crippen molar-refractivity contribution < 1.29 is 8.42 Å². The molecule has 2 aromatic rings. The zero-order chi connectivity index (χ0) is 10.9. The Morgan fingerprint density at radius 2 is 2.20 bits per heavy atom. The summed E-state index contributed by atoms with van der Waals surface area (Å²) in [5.74, 6) is 0. The lowest BCUT2D eigenvalue weighted by atomic mass is 10.7. The average molecular weight is 326 g/mol. The second kappa shape index (κ2) is 4.16. The molecular formula is C6H4BrN3O2S3. The van der Waals surface area contributed by atoms with Gasteiger partial charge in [0.05, 0.1) is 0 Å². The summed E-state index contributed by atoms with van der Waals surface area (Å²) in [5.41, 5.74) is 1.46. The van der Waals surface area contributed by atoms with Crippen LogP contribution < -0.4 is 4.72 Å². The summed E-state index contributed by atoms with van der Waals surface area (Å²) in [6.45, 7) is 0. The molecule has 9 heteroatoms. The van der Waals surface area contributed by atoms with Gasteiger partial charge in [-0.25, -0.2) is 8.42 Å². The third kappa shape index (κ3) is 2.36. The zero-order valence-electron chi connectivity index (χ0n) is 7.05. The van der Waals surface area contributed by atoms with Crippen LogP contribution >= 0.6 is 38.6 Å². The number of halogens is 1. The van der Waals surface area contributed by atoms with Crippen molar-refractivity contribution in [1.82, 2.24) is 10.2 Å². The molecule has 5 nitrogen and oxygen atoms in total. The molecule has 80 valence electrons. The molecule has 2 aromatic heterocycles. The summed E-state index contributed by atoms with van der Waals surface area (Å²) < 4.78 is 26.7. The second-order valence-electron chi connectivity index (χ2n) is 2.41. The molecule has 15 heavy (non-hydrogen) atoms. The highest BCUT2D eigenvalue weighted by atomic mass is 79.9. The molecule has 0 unspecified atom stereocenters.